The average Bonchev–Trinajstić information content (AvgIpc) is 2.83. The molecule has 1 aromatic carbocycles. The van der Waals surface area contributed by atoms with Crippen LogP contribution in [0.25, 0.3) is 0 Å². The molecule has 1 aromatic rings. The molecule has 0 radical (unpaired) electrons. The van der Waals surface area contributed by atoms with Crippen molar-refractivity contribution in [2.24, 2.45) is 28.0 Å². The highest BCUT2D eigenvalue weighted by Crippen LogP contribution is 2.38. The highest BCUT2D eigenvalue weighted by Gasteiger charge is 2.36. The van der Waals surface area contributed by atoms with E-state index in [9.17, 15) is 14.0 Å². The summed E-state index contributed by atoms with van der Waals surface area (Å²) in [7, 11) is 0. The first-order valence-corrected chi connectivity index (χ1v) is 14.6. The summed E-state index contributed by atoms with van der Waals surface area (Å²) in [5.74, 6) is -0.688. The number of carbonyl (C=O) groups excluding carboxylic acids is 2. The lowest BCUT2D eigenvalue weighted by molar-refractivity contribution is -0.129. The Morgan fingerprint density at radius 3 is 2.16 bits per heavy atom. The summed E-state index contributed by atoms with van der Waals surface area (Å²) in [5.41, 5.74) is 7.32. The van der Waals surface area contributed by atoms with Gasteiger partial charge in [-0.05, 0) is 80.8 Å². The van der Waals surface area contributed by atoms with E-state index in [-0.39, 0.29) is 51.5 Å². The maximum absolute atomic E-state index is 14.2. The second-order valence-corrected chi connectivity index (χ2v) is 13.0. The molecule has 210 valence electrons. The van der Waals surface area contributed by atoms with Crippen molar-refractivity contribution in [2.45, 2.75) is 98.1 Å². The Bertz CT molecular complexity index is 1060. The molecule has 0 heterocycles. The molecule has 0 aromatic heterocycles. The summed E-state index contributed by atoms with van der Waals surface area (Å²) in [6.07, 6.45) is 8.96. The first-order valence-electron chi connectivity index (χ1n) is 13.8. The Balaban J connectivity index is 1.95. The van der Waals surface area contributed by atoms with Gasteiger partial charge in [0.05, 0.1) is 39.5 Å². The minimum atomic E-state index is -0.623. The summed E-state index contributed by atoms with van der Waals surface area (Å²) in [4.78, 5) is 34.3. The lowest BCUT2D eigenvalue weighted by atomic mass is 9.75. The number of Topliss-reactive ketones (excluding diaryl/α,β-unsaturated/α-hetero) is 1. The van der Waals surface area contributed by atoms with Crippen molar-refractivity contribution in [2.75, 3.05) is 6.54 Å². The van der Waals surface area contributed by atoms with Crippen LogP contribution in [0.1, 0.15) is 96.3 Å². The van der Waals surface area contributed by atoms with Gasteiger partial charge in [0.1, 0.15) is 5.82 Å². The molecular formula is C30H42Cl2FN3O2. The van der Waals surface area contributed by atoms with Crippen LogP contribution in [-0.4, -0.2) is 40.9 Å². The Morgan fingerprint density at radius 1 is 1.11 bits per heavy atom. The van der Waals surface area contributed by atoms with Crippen LogP contribution in [0.5, 0.6) is 0 Å². The third-order valence-corrected chi connectivity index (χ3v) is 8.73. The van der Waals surface area contributed by atoms with Crippen molar-refractivity contribution in [3.05, 3.63) is 45.3 Å². The summed E-state index contributed by atoms with van der Waals surface area (Å²) in [5, 5.41) is -0.134. The zero-order chi connectivity index (χ0) is 28.2. The molecule has 0 unspecified atom stereocenters. The number of hydrogen-bond donors (Lipinski definition) is 1. The van der Waals surface area contributed by atoms with Crippen LogP contribution in [0, 0.1) is 23.1 Å². The molecule has 38 heavy (non-hydrogen) atoms. The van der Waals surface area contributed by atoms with Crippen molar-refractivity contribution >= 4 is 40.6 Å². The van der Waals surface area contributed by atoms with Gasteiger partial charge in [0.2, 0.25) is 0 Å². The Morgan fingerprint density at radius 2 is 1.66 bits per heavy atom. The molecule has 1 amide bonds. The first kappa shape index (κ1) is 30.6. The minimum absolute atomic E-state index is 0.0167. The Kier molecular flexibility index (Phi) is 10.4. The molecule has 8 heteroatoms. The van der Waals surface area contributed by atoms with Gasteiger partial charge < -0.3 is 10.6 Å². The van der Waals surface area contributed by atoms with Crippen LogP contribution in [0.2, 0.25) is 10.0 Å². The second kappa shape index (κ2) is 13.0. The maximum Gasteiger partial charge on any atom is 0.257 e. The molecule has 2 aliphatic carbocycles. The SMILES string of the molecule is CC1CCC(N=C(C(=CN)C(=O)N(CC(=O)c2c(Cl)cc(F)cc2Cl)C2CCC(C)(C)CC2)C(C)C)CC1. The van der Waals surface area contributed by atoms with Crippen molar-refractivity contribution in [1.82, 2.24) is 4.90 Å². The number of ketones is 1. The molecular weight excluding hydrogens is 524 g/mol. The van der Waals surface area contributed by atoms with Crippen LogP contribution in [0.15, 0.2) is 28.9 Å². The predicted octanol–water partition coefficient (Wildman–Crippen LogP) is 7.63. The average molecular weight is 567 g/mol. The van der Waals surface area contributed by atoms with E-state index in [1.54, 1.807) is 4.90 Å². The van der Waals surface area contributed by atoms with Gasteiger partial charge in [0.15, 0.2) is 5.78 Å². The van der Waals surface area contributed by atoms with Gasteiger partial charge in [-0.15, -0.1) is 0 Å². The third kappa shape index (κ3) is 7.59. The molecule has 2 N–H and O–H groups in total. The molecule has 2 saturated carbocycles. The smallest absolute Gasteiger partial charge is 0.257 e. The number of aliphatic imine (C=N–C) groups is 1. The fourth-order valence-electron chi connectivity index (χ4n) is 5.62. The van der Waals surface area contributed by atoms with Crippen LogP contribution in [0.3, 0.4) is 0 Å². The number of hydrogen-bond acceptors (Lipinski definition) is 4. The number of nitrogens with two attached hydrogens (primary N) is 1. The monoisotopic (exact) mass is 565 g/mol. The third-order valence-electron chi connectivity index (χ3n) is 8.14. The number of benzene rings is 1. The molecule has 3 rings (SSSR count). The van der Waals surface area contributed by atoms with Crippen molar-refractivity contribution < 1.29 is 14.0 Å². The zero-order valence-electron chi connectivity index (χ0n) is 23.3. The lowest BCUT2D eigenvalue weighted by Gasteiger charge is -2.40. The predicted molar refractivity (Wildman–Crippen MR) is 154 cm³/mol. The number of amides is 1. The van der Waals surface area contributed by atoms with Gasteiger partial charge in [-0.1, -0.05) is 57.8 Å². The van der Waals surface area contributed by atoms with E-state index in [1.807, 2.05) is 13.8 Å². The van der Waals surface area contributed by atoms with Gasteiger partial charge in [-0.3, -0.25) is 14.6 Å². The van der Waals surface area contributed by atoms with Crippen LogP contribution in [-0.2, 0) is 4.79 Å². The minimum Gasteiger partial charge on any atom is -0.404 e. The number of carbonyl (C=O) groups is 2. The summed E-state index contributed by atoms with van der Waals surface area (Å²) < 4.78 is 13.8. The molecule has 0 atom stereocenters. The maximum atomic E-state index is 14.2. The fraction of sp³-hybridized carbons (Fsp3) is 0.633. The van der Waals surface area contributed by atoms with Gasteiger partial charge in [0.25, 0.3) is 5.91 Å². The van der Waals surface area contributed by atoms with E-state index in [1.165, 1.54) is 6.20 Å². The largest absolute Gasteiger partial charge is 0.404 e. The van der Waals surface area contributed by atoms with Crippen LogP contribution in [0.4, 0.5) is 4.39 Å². The Labute approximate surface area is 237 Å². The van der Waals surface area contributed by atoms with Crippen LogP contribution < -0.4 is 5.73 Å². The first-order chi connectivity index (χ1) is 17.8. The zero-order valence-corrected chi connectivity index (χ0v) is 24.8. The molecule has 0 bridgehead atoms. The van der Waals surface area contributed by atoms with Crippen LogP contribution >= 0.6 is 23.2 Å². The van der Waals surface area contributed by atoms with E-state index >= 15 is 0 Å². The Hall–Kier alpha value is -1.92. The topological polar surface area (TPSA) is 75.8 Å². The van der Waals surface area contributed by atoms with Gasteiger partial charge in [-0.2, -0.15) is 0 Å². The second-order valence-electron chi connectivity index (χ2n) is 12.2. The highest BCUT2D eigenvalue weighted by atomic mass is 35.5. The summed E-state index contributed by atoms with van der Waals surface area (Å²) >= 11 is 12.4. The van der Waals surface area contributed by atoms with E-state index < -0.39 is 11.6 Å². The van der Waals surface area contributed by atoms with Crippen molar-refractivity contribution in [3.8, 4) is 0 Å². The lowest BCUT2D eigenvalue weighted by Crippen LogP contribution is -2.48. The standard InChI is InChI=1S/C30H42Cl2FN3O2/c1-18(2)28(35-21-8-6-19(3)7-9-21)23(16-34)29(38)36(22-10-12-30(4,5)13-11-22)17-26(37)27-24(31)14-20(33)15-25(27)32/h14-16,18-19,21-22H,6-13,17,34H2,1-5H3. The normalized spacial score (nSPS) is 23.0. The number of nitrogens with zero attached hydrogens (tertiary/aromatic N) is 2. The van der Waals surface area contributed by atoms with Gasteiger partial charge in [0, 0.05) is 12.2 Å². The molecule has 0 spiro atoms. The van der Waals surface area contributed by atoms with Crippen molar-refractivity contribution in [1.29, 1.82) is 0 Å². The fourth-order valence-corrected chi connectivity index (χ4v) is 6.29. The molecule has 0 saturated heterocycles. The summed E-state index contributed by atoms with van der Waals surface area (Å²) in [6.45, 7) is 10.5. The van der Waals surface area contributed by atoms with E-state index in [0.29, 0.717) is 17.2 Å². The quantitative estimate of drug-likeness (QED) is 0.200. The van der Waals surface area contributed by atoms with Gasteiger partial charge in [-0.25, -0.2) is 4.39 Å². The highest BCUT2D eigenvalue weighted by molar-refractivity contribution is 6.40. The summed E-state index contributed by atoms with van der Waals surface area (Å²) in [6, 6.07) is 2.15. The van der Waals surface area contributed by atoms with E-state index in [2.05, 4.69) is 20.8 Å². The van der Waals surface area contributed by atoms with E-state index in [0.717, 1.165) is 63.5 Å². The van der Waals surface area contributed by atoms with Gasteiger partial charge >= 0.3 is 0 Å². The molecule has 0 aliphatic heterocycles. The molecule has 5 nitrogen and oxygen atoms in total. The number of halogens is 3. The van der Waals surface area contributed by atoms with Crippen molar-refractivity contribution in [3.63, 3.8) is 0 Å². The molecule has 2 fully saturated rings. The van der Waals surface area contributed by atoms with E-state index in [4.69, 9.17) is 33.9 Å². The molecule has 2 aliphatic rings. The number of rotatable bonds is 8.